The highest BCUT2D eigenvalue weighted by atomic mass is 35.5. The summed E-state index contributed by atoms with van der Waals surface area (Å²) in [6.07, 6.45) is 3.61. The van der Waals surface area contributed by atoms with Gasteiger partial charge in [0.1, 0.15) is 5.69 Å². The maximum Gasteiger partial charge on any atom is 0.311 e. The molecule has 1 aromatic heterocycles. The Hall–Kier alpha value is -2.37. The van der Waals surface area contributed by atoms with Crippen LogP contribution in [0.3, 0.4) is 0 Å². The lowest BCUT2D eigenvalue weighted by Crippen LogP contribution is -2.18. The molecule has 1 amide bonds. The van der Waals surface area contributed by atoms with E-state index >= 15 is 0 Å². The molecule has 1 N–H and O–H groups in total. The molecule has 8 heteroatoms. The molecule has 0 atom stereocenters. The molecular formula is C16H17ClN6O. The first kappa shape index (κ1) is 16.5. The van der Waals surface area contributed by atoms with E-state index in [0.717, 1.165) is 36.6 Å². The Morgan fingerprint density at radius 3 is 2.83 bits per heavy atom. The third kappa shape index (κ3) is 3.75. The summed E-state index contributed by atoms with van der Waals surface area (Å²) < 4.78 is 0. The Morgan fingerprint density at radius 1 is 1.33 bits per heavy atom. The Bertz CT molecular complexity index is 815. The molecular weight excluding hydrogens is 328 g/mol. The van der Waals surface area contributed by atoms with Gasteiger partial charge in [0.15, 0.2) is 0 Å². The number of azo groups is 1. The lowest BCUT2D eigenvalue weighted by Gasteiger charge is -2.23. The van der Waals surface area contributed by atoms with Gasteiger partial charge in [0.05, 0.1) is 6.04 Å². The topological polar surface area (TPSA) is 106 Å². The minimum atomic E-state index is -0.390. The first-order valence-corrected chi connectivity index (χ1v) is 8.28. The van der Waals surface area contributed by atoms with Crippen LogP contribution in [-0.2, 0) is 0 Å². The van der Waals surface area contributed by atoms with E-state index < -0.39 is 5.91 Å². The van der Waals surface area contributed by atoms with Crippen LogP contribution in [0.15, 0.2) is 39.6 Å². The summed E-state index contributed by atoms with van der Waals surface area (Å²) in [5, 5.41) is 13.1. The summed E-state index contributed by atoms with van der Waals surface area (Å²) in [6.45, 7) is 0.537. The number of nitrogens with zero attached hydrogens (tertiary/aromatic N) is 5. The van der Waals surface area contributed by atoms with Crippen LogP contribution in [0.2, 0.25) is 5.02 Å². The van der Waals surface area contributed by atoms with E-state index in [-0.39, 0.29) is 6.04 Å². The highest BCUT2D eigenvalue weighted by Crippen LogP contribution is 2.27. The number of hydrogen-bond acceptors (Lipinski definition) is 3. The summed E-state index contributed by atoms with van der Waals surface area (Å²) in [5.41, 5.74) is 9.54. The number of rotatable bonds is 4. The number of halogens is 1. The average Bonchev–Trinajstić information content (AvgIpc) is 3.04. The van der Waals surface area contributed by atoms with Crippen LogP contribution in [0.4, 0.5) is 0 Å². The Labute approximate surface area is 143 Å². The molecule has 3 rings (SSSR count). The zero-order valence-corrected chi connectivity index (χ0v) is 13.8. The second-order valence-electron chi connectivity index (χ2n) is 5.99. The number of benzene rings is 1. The summed E-state index contributed by atoms with van der Waals surface area (Å²) in [5.74, 6) is 0.0253. The van der Waals surface area contributed by atoms with Crippen molar-refractivity contribution < 1.29 is 4.79 Å². The van der Waals surface area contributed by atoms with Crippen molar-refractivity contribution in [2.24, 2.45) is 21.3 Å². The second-order valence-corrected chi connectivity index (χ2v) is 6.40. The molecule has 1 saturated carbocycles. The molecule has 0 spiro atoms. The third-order valence-electron chi connectivity index (χ3n) is 4.37. The minimum absolute atomic E-state index is 0.0595. The smallest absolute Gasteiger partial charge is 0.311 e. The van der Waals surface area contributed by atoms with E-state index in [2.05, 4.69) is 25.2 Å². The molecule has 0 saturated heterocycles. The van der Waals surface area contributed by atoms with E-state index in [0.29, 0.717) is 23.2 Å². The summed E-state index contributed by atoms with van der Waals surface area (Å²) in [6, 6.07) is 7.23. The van der Waals surface area contributed by atoms with Crippen molar-refractivity contribution in [2.75, 3.05) is 6.54 Å². The molecule has 1 aliphatic rings. The number of azide groups is 1. The maximum absolute atomic E-state index is 12.2. The van der Waals surface area contributed by atoms with Gasteiger partial charge < -0.3 is 4.98 Å². The van der Waals surface area contributed by atoms with Gasteiger partial charge in [-0.05, 0) is 55.3 Å². The number of fused-ring (bicyclic) bond motifs is 1. The number of carbonyl (C=O) groups is 1. The largest absolute Gasteiger partial charge is 0.350 e. The number of hydrogen-bond donors (Lipinski definition) is 1. The molecule has 24 heavy (non-hydrogen) atoms. The van der Waals surface area contributed by atoms with Gasteiger partial charge >= 0.3 is 5.91 Å². The fourth-order valence-electron chi connectivity index (χ4n) is 3.02. The van der Waals surface area contributed by atoms with Crippen LogP contribution in [0.5, 0.6) is 0 Å². The van der Waals surface area contributed by atoms with Gasteiger partial charge in [-0.3, -0.25) is 4.79 Å². The van der Waals surface area contributed by atoms with Gasteiger partial charge in [0, 0.05) is 27.4 Å². The van der Waals surface area contributed by atoms with E-state index in [4.69, 9.17) is 17.1 Å². The zero-order valence-electron chi connectivity index (χ0n) is 13.0. The van der Waals surface area contributed by atoms with Crippen LogP contribution in [0.1, 0.15) is 36.2 Å². The Morgan fingerprint density at radius 2 is 2.12 bits per heavy atom. The highest BCUT2D eigenvalue weighted by Gasteiger charge is 2.21. The van der Waals surface area contributed by atoms with E-state index in [9.17, 15) is 4.79 Å². The molecule has 0 unspecified atom stereocenters. The number of nitrogens with one attached hydrogen (secondary N) is 1. The van der Waals surface area contributed by atoms with Crippen LogP contribution < -0.4 is 0 Å². The van der Waals surface area contributed by atoms with Crippen LogP contribution >= 0.6 is 11.6 Å². The van der Waals surface area contributed by atoms with Gasteiger partial charge in [-0.1, -0.05) is 22.8 Å². The van der Waals surface area contributed by atoms with Crippen molar-refractivity contribution in [3.8, 4) is 0 Å². The minimum Gasteiger partial charge on any atom is -0.350 e. The van der Waals surface area contributed by atoms with Crippen molar-refractivity contribution in [1.82, 2.24) is 4.98 Å². The third-order valence-corrected chi connectivity index (χ3v) is 4.70. The van der Waals surface area contributed by atoms with Gasteiger partial charge in [0.2, 0.25) is 0 Å². The standard InChI is InChI=1S/C16H17ClN6O/c17-13-2-1-3-14-12(13)8-15(20-14)16(24)22-21-11-6-4-10(5-7-11)9-19-23-18/h1-3,8,10-11,20H,4-7,9H2. The Balaban J connectivity index is 1.61. The van der Waals surface area contributed by atoms with Crippen molar-refractivity contribution >= 4 is 28.4 Å². The number of amides is 1. The van der Waals surface area contributed by atoms with E-state index in [1.807, 2.05) is 12.1 Å². The molecule has 0 radical (unpaired) electrons. The van der Waals surface area contributed by atoms with Crippen molar-refractivity contribution in [2.45, 2.75) is 31.7 Å². The van der Waals surface area contributed by atoms with Crippen molar-refractivity contribution in [1.29, 1.82) is 0 Å². The fraction of sp³-hybridized carbons (Fsp3) is 0.438. The molecule has 1 heterocycles. The predicted molar refractivity (Wildman–Crippen MR) is 92.3 cm³/mol. The Kier molecular flexibility index (Phi) is 5.13. The monoisotopic (exact) mass is 344 g/mol. The molecule has 1 aliphatic carbocycles. The van der Waals surface area contributed by atoms with E-state index in [1.54, 1.807) is 12.1 Å². The number of aromatic amines is 1. The fourth-order valence-corrected chi connectivity index (χ4v) is 3.25. The predicted octanol–water partition coefficient (Wildman–Crippen LogP) is 5.28. The first-order valence-electron chi connectivity index (χ1n) is 7.90. The molecule has 2 aromatic rings. The first-order chi connectivity index (χ1) is 11.7. The van der Waals surface area contributed by atoms with Crippen molar-refractivity contribution in [3.05, 3.63) is 45.4 Å². The zero-order chi connectivity index (χ0) is 16.9. The molecule has 7 nitrogen and oxygen atoms in total. The van der Waals surface area contributed by atoms with Crippen LogP contribution in [0.25, 0.3) is 21.3 Å². The average molecular weight is 345 g/mol. The molecule has 124 valence electrons. The summed E-state index contributed by atoms with van der Waals surface area (Å²) >= 11 is 6.11. The summed E-state index contributed by atoms with van der Waals surface area (Å²) in [4.78, 5) is 18.0. The molecule has 1 aromatic carbocycles. The van der Waals surface area contributed by atoms with Gasteiger partial charge in [0.25, 0.3) is 0 Å². The van der Waals surface area contributed by atoms with Crippen molar-refractivity contribution in [3.63, 3.8) is 0 Å². The van der Waals surface area contributed by atoms with E-state index in [1.165, 1.54) is 0 Å². The lowest BCUT2D eigenvalue weighted by molar-refractivity contribution is 0.0987. The summed E-state index contributed by atoms with van der Waals surface area (Å²) in [7, 11) is 0. The molecule has 0 aliphatic heterocycles. The normalized spacial score (nSPS) is 21.0. The number of H-pyrrole nitrogens is 1. The van der Waals surface area contributed by atoms with Gasteiger partial charge in [-0.15, -0.1) is 5.11 Å². The quantitative estimate of drug-likeness (QED) is 0.454. The SMILES string of the molecule is [N-]=[N+]=NCC1CCC(N=NC(=O)c2cc3c(Cl)cccc3[nH]2)CC1. The highest BCUT2D eigenvalue weighted by molar-refractivity contribution is 6.35. The maximum atomic E-state index is 12.2. The number of aromatic nitrogens is 1. The van der Waals surface area contributed by atoms with Crippen LogP contribution in [0, 0.1) is 5.92 Å². The molecule has 1 fully saturated rings. The molecule has 0 bridgehead atoms. The van der Waals surface area contributed by atoms with Gasteiger partial charge in [-0.2, -0.15) is 5.11 Å². The van der Waals surface area contributed by atoms with Gasteiger partial charge in [-0.25, -0.2) is 0 Å². The second kappa shape index (κ2) is 7.47. The lowest BCUT2D eigenvalue weighted by atomic mass is 9.86. The number of carbonyl (C=O) groups excluding carboxylic acids is 1. The van der Waals surface area contributed by atoms with Crippen LogP contribution in [-0.4, -0.2) is 23.5 Å².